The number of nitrogens with one attached hydrogen (secondary N) is 1. The number of benzene rings is 1. The molecule has 11 heteroatoms. The lowest BCUT2D eigenvalue weighted by Crippen LogP contribution is -2.28. The summed E-state index contributed by atoms with van der Waals surface area (Å²) in [5, 5.41) is 9.07. The first-order chi connectivity index (χ1) is 16.9. The first-order valence-corrected chi connectivity index (χ1v) is 12.4. The Balaban J connectivity index is 1.69. The number of imidazole rings is 1. The number of fused-ring (bicyclic) bond motifs is 1. The third-order valence-corrected chi connectivity index (χ3v) is 5.84. The number of aliphatic carboxylic acids is 1. The van der Waals surface area contributed by atoms with Crippen molar-refractivity contribution in [2.75, 3.05) is 31.3 Å². The van der Waals surface area contributed by atoms with E-state index in [1.165, 1.54) is 0 Å². The molecule has 2 aromatic heterocycles. The molecule has 1 aromatic carbocycles. The fraction of sp³-hybridized carbons (Fsp3) is 0.500. The first kappa shape index (κ1) is 26.5. The summed E-state index contributed by atoms with van der Waals surface area (Å²) in [4.78, 5) is 37.2. The van der Waals surface area contributed by atoms with E-state index in [1.807, 2.05) is 24.3 Å². The van der Waals surface area contributed by atoms with Gasteiger partial charge in [0.1, 0.15) is 5.52 Å². The number of carbonyl (C=O) groups is 1. The Morgan fingerprint density at radius 1 is 1.23 bits per heavy atom. The van der Waals surface area contributed by atoms with E-state index in [0.29, 0.717) is 43.2 Å². The van der Waals surface area contributed by atoms with Crippen molar-refractivity contribution in [3.63, 3.8) is 0 Å². The minimum atomic E-state index is -0.853. The topological polar surface area (TPSA) is 139 Å². The standard InChI is InChI=1S/C24H33ClN6O4/c1-2-3-13-35-23-28-21(26)20-22(29-23)31(24(34)27-20)12-6-11-30(10-5-9-25)16-18-8-4-7-17(14-18)15-19(32)33/h4,7-8,14H,2-3,5-6,9-13,15-16H2,1H3,(H,27,34)(H,32,33)(H2,26,28,29). The van der Waals surface area contributed by atoms with Crippen LogP contribution < -0.4 is 16.2 Å². The zero-order valence-electron chi connectivity index (χ0n) is 20.0. The van der Waals surface area contributed by atoms with Gasteiger partial charge in [0.25, 0.3) is 0 Å². The molecule has 0 fully saturated rings. The van der Waals surface area contributed by atoms with Crippen LogP contribution in [0.1, 0.15) is 43.7 Å². The summed E-state index contributed by atoms with van der Waals surface area (Å²) in [5.41, 5.74) is 8.39. The van der Waals surface area contributed by atoms with Gasteiger partial charge >= 0.3 is 17.7 Å². The molecule has 2 heterocycles. The number of carboxylic acids is 1. The molecular formula is C24H33ClN6O4. The van der Waals surface area contributed by atoms with Crippen LogP contribution in [0.2, 0.25) is 0 Å². The number of hydrogen-bond acceptors (Lipinski definition) is 7. The number of anilines is 1. The Morgan fingerprint density at radius 3 is 2.74 bits per heavy atom. The summed E-state index contributed by atoms with van der Waals surface area (Å²) in [6.07, 6.45) is 3.37. The highest BCUT2D eigenvalue weighted by Crippen LogP contribution is 2.18. The van der Waals surface area contributed by atoms with E-state index >= 15 is 0 Å². The zero-order chi connectivity index (χ0) is 25.2. The fourth-order valence-electron chi connectivity index (χ4n) is 3.89. The van der Waals surface area contributed by atoms with Crippen molar-refractivity contribution >= 4 is 34.6 Å². The van der Waals surface area contributed by atoms with Crippen molar-refractivity contribution in [2.45, 2.75) is 52.1 Å². The number of unbranched alkanes of at least 4 members (excludes halogenated alkanes) is 1. The minimum absolute atomic E-state index is 0.00582. The zero-order valence-corrected chi connectivity index (χ0v) is 20.8. The number of H-pyrrole nitrogens is 1. The number of nitrogens with two attached hydrogens (primary N) is 1. The molecule has 0 saturated heterocycles. The molecule has 35 heavy (non-hydrogen) atoms. The van der Waals surface area contributed by atoms with Crippen LogP contribution in [0.25, 0.3) is 11.2 Å². The number of aromatic nitrogens is 4. The van der Waals surface area contributed by atoms with Gasteiger partial charge in [-0.05, 0) is 36.9 Å². The molecule has 0 atom stereocenters. The van der Waals surface area contributed by atoms with Crippen LogP contribution in [-0.2, 0) is 24.3 Å². The van der Waals surface area contributed by atoms with Crippen LogP contribution in [0, 0.1) is 0 Å². The molecule has 0 amide bonds. The second-order valence-corrected chi connectivity index (χ2v) is 8.81. The minimum Gasteiger partial charge on any atom is -0.481 e. The van der Waals surface area contributed by atoms with Gasteiger partial charge in [0.05, 0.1) is 13.0 Å². The van der Waals surface area contributed by atoms with Gasteiger partial charge in [0.15, 0.2) is 11.5 Å². The smallest absolute Gasteiger partial charge is 0.327 e. The summed E-state index contributed by atoms with van der Waals surface area (Å²) in [6, 6.07) is 7.77. The van der Waals surface area contributed by atoms with Gasteiger partial charge in [-0.3, -0.25) is 14.3 Å². The lowest BCUT2D eigenvalue weighted by atomic mass is 10.1. The van der Waals surface area contributed by atoms with Crippen LogP contribution in [0.4, 0.5) is 5.82 Å². The highest BCUT2D eigenvalue weighted by Gasteiger charge is 2.15. The summed E-state index contributed by atoms with van der Waals surface area (Å²) in [5.74, 6) is -0.120. The van der Waals surface area contributed by atoms with Crippen LogP contribution in [0.5, 0.6) is 6.01 Å². The van der Waals surface area contributed by atoms with Crippen molar-refractivity contribution in [1.82, 2.24) is 24.4 Å². The monoisotopic (exact) mass is 504 g/mol. The van der Waals surface area contributed by atoms with E-state index in [-0.39, 0.29) is 23.9 Å². The Bertz CT molecular complexity index is 1180. The average molecular weight is 505 g/mol. The second kappa shape index (κ2) is 13.1. The van der Waals surface area contributed by atoms with Crippen LogP contribution in [0.3, 0.4) is 0 Å². The van der Waals surface area contributed by atoms with Gasteiger partial charge < -0.3 is 20.6 Å². The predicted molar refractivity (Wildman–Crippen MR) is 136 cm³/mol. The molecule has 0 spiro atoms. The second-order valence-electron chi connectivity index (χ2n) is 8.44. The third-order valence-electron chi connectivity index (χ3n) is 5.58. The number of aryl methyl sites for hydroxylation is 1. The maximum atomic E-state index is 12.6. The number of alkyl halides is 1. The number of ether oxygens (including phenoxy) is 1. The van der Waals surface area contributed by atoms with Gasteiger partial charge in [0.2, 0.25) is 0 Å². The summed E-state index contributed by atoms with van der Waals surface area (Å²) < 4.78 is 7.16. The maximum Gasteiger partial charge on any atom is 0.327 e. The molecule has 0 aliphatic carbocycles. The molecule has 0 radical (unpaired) electrons. The Hall–Kier alpha value is -3.11. The summed E-state index contributed by atoms with van der Waals surface area (Å²) in [6.45, 7) is 5.17. The average Bonchev–Trinajstić information content (AvgIpc) is 3.13. The van der Waals surface area contributed by atoms with Crippen LogP contribution in [0.15, 0.2) is 29.1 Å². The van der Waals surface area contributed by atoms with Crippen molar-refractivity contribution in [1.29, 1.82) is 0 Å². The quantitative estimate of drug-likeness (QED) is 0.212. The SMILES string of the molecule is CCCCOc1nc(N)c2[nH]c(=O)n(CCCN(CCCCl)Cc3cccc(CC(=O)O)c3)c2n1. The molecular weight excluding hydrogens is 472 g/mol. The lowest BCUT2D eigenvalue weighted by Gasteiger charge is -2.22. The van der Waals surface area contributed by atoms with E-state index in [2.05, 4.69) is 26.8 Å². The Labute approximate surface area is 209 Å². The number of nitrogens with zero attached hydrogens (tertiary/aromatic N) is 4. The molecule has 10 nitrogen and oxygen atoms in total. The summed E-state index contributed by atoms with van der Waals surface area (Å²) in [7, 11) is 0. The molecule has 3 rings (SSSR count). The molecule has 0 aliphatic rings. The highest BCUT2D eigenvalue weighted by atomic mass is 35.5. The van der Waals surface area contributed by atoms with Gasteiger partial charge in [0, 0.05) is 25.5 Å². The lowest BCUT2D eigenvalue weighted by molar-refractivity contribution is -0.136. The molecule has 0 unspecified atom stereocenters. The molecule has 0 aliphatic heterocycles. The number of hydrogen-bond donors (Lipinski definition) is 3. The number of nitrogen functional groups attached to an aromatic ring is 1. The number of carboxylic acid groups (broad SMARTS) is 1. The van der Waals surface area contributed by atoms with E-state index in [0.717, 1.165) is 43.5 Å². The highest BCUT2D eigenvalue weighted by molar-refractivity contribution is 6.17. The first-order valence-electron chi connectivity index (χ1n) is 11.9. The molecule has 0 bridgehead atoms. The third kappa shape index (κ3) is 7.69. The van der Waals surface area contributed by atoms with E-state index in [1.54, 1.807) is 4.57 Å². The van der Waals surface area contributed by atoms with E-state index < -0.39 is 5.97 Å². The van der Waals surface area contributed by atoms with E-state index in [4.69, 9.17) is 27.2 Å². The Kier molecular flexibility index (Phi) is 9.92. The molecule has 190 valence electrons. The summed E-state index contributed by atoms with van der Waals surface area (Å²) >= 11 is 5.93. The van der Waals surface area contributed by atoms with Crippen molar-refractivity contribution in [3.8, 4) is 6.01 Å². The number of halogens is 1. The fourth-order valence-corrected chi connectivity index (χ4v) is 4.01. The van der Waals surface area contributed by atoms with Gasteiger partial charge in [-0.2, -0.15) is 9.97 Å². The van der Waals surface area contributed by atoms with Crippen LogP contribution in [-0.4, -0.2) is 61.1 Å². The number of rotatable bonds is 15. The Morgan fingerprint density at radius 2 is 2.00 bits per heavy atom. The van der Waals surface area contributed by atoms with Gasteiger partial charge in [-0.15, -0.1) is 11.6 Å². The normalized spacial score (nSPS) is 11.4. The van der Waals surface area contributed by atoms with Gasteiger partial charge in [-0.25, -0.2) is 4.79 Å². The predicted octanol–water partition coefficient (Wildman–Crippen LogP) is 3.03. The van der Waals surface area contributed by atoms with Crippen molar-refractivity contribution in [2.24, 2.45) is 0 Å². The molecule has 3 aromatic rings. The van der Waals surface area contributed by atoms with Crippen molar-refractivity contribution < 1.29 is 14.6 Å². The van der Waals surface area contributed by atoms with Gasteiger partial charge in [-0.1, -0.05) is 37.6 Å². The van der Waals surface area contributed by atoms with Crippen LogP contribution >= 0.6 is 11.6 Å². The van der Waals surface area contributed by atoms with Crippen molar-refractivity contribution in [3.05, 3.63) is 45.9 Å². The molecule has 4 N–H and O–H groups in total. The van der Waals surface area contributed by atoms with E-state index in [9.17, 15) is 9.59 Å². The molecule has 0 saturated carbocycles. The maximum absolute atomic E-state index is 12.6. The number of aromatic amines is 1. The largest absolute Gasteiger partial charge is 0.481 e.